The normalized spacial score (nSPS) is 15.9. The van der Waals surface area contributed by atoms with Gasteiger partial charge in [0, 0.05) is 23.5 Å². The van der Waals surface area contributed by atoms with Crippen molar-refractivity contribution in [3.05, 3.63) is 42.4 Å². The lowest BCUT2D eigenvalue weighted by atomic mass is 10.2. The van der Waals surface area contributed by atoms with Crippen LogP contribution in [0.3, 0.4) is 0 Å². The molecule has 5 heteroatoms. The summed E-state index contributed by atoms with van der Waals surface area (Å²) in [7, 11) is 0. The quantitative estimate of drug-likeness (QED) is 0.403. The molecule has 0 bridgehead atoms. The van der Waals surface area contributed by atoms with Gasteiger partial charge >= 0.3 is 5.89 Å². The Morgan fingerprint density at radius 3 is 3.15 bits per heavy atom. The Morgan fingerprint density at radius 2 is 2.20 bits per heavy atom. The molecule has 0 aliphatic carbocycles. The van der Waals surface area contributed by atoms with Crippen LogP contribution in [-0.2, 0) is 13.5 Å². The molecule has 20 heavy (non-hydrogen) atoms. The number of aryl methyl sites for hydroxylation is 1. The van der Waals surface area contributed by atoms with E-state index in [0.717, 1.165) is 22.2 Å². The van der Waals surface area contributed by atoms with Gasteiger partial charge in [0.25, 0.3) is 11.2 Å². The molecule has 1 aliphatic heterocycles. The van der Waals surface area contributed by atoms with Crippen molar-refractivity contribution in [2.45, 2.75) is 6.54 Å². The predicted octanol–water partition coefficient (Wildman–Crippen LogP) is 2.03. The van der Waals surface area contributed by atoms with E-state index in [4.69, 9.17) is 8.53 Å². The molecular weight excluding hydrogens is 252 g/mol. The molecule has 0 N–H and O–H groups in total. The average molecular weight is 266 g/mol. The minimum absolute atomic E-state index is 0.322. The lowest BCUT2D eigenvalue weighted by Gasteiger charge is -1.92. The number of aromatic nitrogens is 4. The third-order valence-corrected chi connectivity index (χ3v) is 3.80. The van der Waals surface area contributed by atoms with E-state index >= 15 is 0 Å². The summed E-state index contributed by atoms with van der Waals surface area (Å²) < 4.78 is 32.6. The molecule has 0 saturated heterocycles. The van der Waals surface area contributed by atoms with E-state index in [1.807, 2.05) is 22.8 Å². The van der Waals surface area contributed by atoms with Crippen molar-refractivity contribution in [3.63, 3.8) is 0 Å². The van der Waals surface area contributed by atoms with E-state index in [9.17, 15) is 0 Å². The number of pyridine rings is 2. The number of hydrogen-bond donors (Lipinski definition) is 0. The summed E-state index contributed by atoms with van der Waals surface area (Å²) in [6.45, 7) is -1.80. The highest BCUT2D eigenvalue weighted by molar-refractivity contribution is 6.00. The molecule has 4 aromatic rings. The summed E-state index contributed by atoms with van der Waals surface area (Å²) in [5.74, 6) is 0.641. The van der Waals surface area contributed by atoms with Crippen LogP contribution in [0.5, 0.6) is 0 Å². The third-order valence-electron chi connectivity index (χ3n) is 3.80. The fourth-order valence-corrected chi connectivity index (χ4v) is 2.94. The maximum Gasteiger partial charge on any atom is 0.385 e. The Hall–Kier alpha value is -2.69. The Kier molecular flexibility index (Phi) is 1.27. The van der Waals surface area contributed by atoms with Crippen LogP contribution in [0.1, 0.15) is 9.81 Å². The van der Waals surface area contributed by atoms with Crippen molar-refractivity contribution in [1.82, 2.24) is 14.5 Å². The fraction of sp³-hybridized carbons (Fsp3) is 0.133. The van der Waals surface area contributed by atoms with Gasteiger partial charge in [-0.15, -0.1) is 4.57 Å². The van der Waals surface area contributed by atoms with Crippen LogP contribution in [0.2, 0.25) is 0 Å². The molecule has 0 amide bonds. The average Bonchev–Trinajstić information content (AvgIpc) is 3.12. The van der Waals surface area contributed by atoms with Crippen molar-refractivity contribution in [3.8, 4) is 11.5 Å². The van der Waals surface area contributed by atoms with Gasteiger partial charge in [0.1, 0.15) is 16.9 Å². The van der Waals surface area contributed by atoms with E-state index in [0.29, 0.717) is 23.8 Å². The second kappa shape index (κ2) is 3.25. The monoisotopic (exact) mass is 266 g/mol. The number of nitrogens with zero attached hydrogens (tertiary/aromatic N) is 4. The Balaban J connectivity index is 1.96. The van der Waals surface area contributed by atoms with Gasteiger partial charge in [-0.2, -0.15) is 0 Å². The molecule has 1 aliphatic rings. The topological polar surface area (TPSA) is 47.7 Å². The first-order valence-electron chi connectivity index (χ1n) is 7.82. The molecule has 96 valence electrons. The second-order valence-corrected chi connectivity index (χ2v) is 4.85. The summed E-state index contributed by atoms with van der Waals surface area (Å²) >= 11 is 0. The Labute approximate surface area is 118 Å². The van der Waals surface area contributed by atoms with E-state index in [1.54, 1.807) is 18.5 Å². The molecule has 0 unspecified atom stereocenters. The smallest absolute Gasteiger partial charge is 0.380 e. The summed E-state index contributed by atoms with van der Waals surface area (Å²) in [5, 5.41) is 0.765. The molecule has 5 nitrogen and oxygen atoms in total. The Bertz CT molecular complexity index is 1090. The van der Waals surface area contributed by atoms with Crippen LogP contribution < -0.4 is 4.57 Å². The fourth-order valence-electron chi connectivity index (χ4n) is 2.94. The summed E-state index contributed by atoms with van der Waals surface area (Å²) in [6, 6.07) is 7.45. The van der Waals surface area contributed by atoms with Crippen LogP contribution in [0.25, 0.3) is 33.7 Å². The summed E-state index contributed by atoms with van der Waals surface area (Å²) in [5.41, 5.74) is 3.30. The predicted molar refractivity (Wildman–Crippen MR) is 73.0 cm³/mol. The van der Waals surface area contributed by atoms with Crippen LogP contribution >= 0.6 is 0 Å². The molecule has 0 fully saturated rings. The van der Waals surface area contributed by atoms with Gasteiger partial charge in [-0.05, 0) is 24.3 Å². The van der Waals surface area contributed by atoms with Gasteiger partial charge in [-0.3, -0.25) is 9.55 Å². The van der Waals surface area contributed by atoms with Crippen LogP contribution in [0.15, 0.2) is 41.1 Å². The lowest BCUT2D eigenvalue weighted by molar-refractivity contribution is -0.649. The molecule has 0 spiro atoms. The molecular formula is C15H11N4O+. The van der Waals surface area contributed by atoms with E-state index in [-0.39, 0.29) is 0 Å². The van der Waals surface area contributed by atoms with Crippen LogP contribution in [0.4, 0.5) is 0 Å². The zero-order valence-electron chi connectivity index (χ0n) is 13.4. The standard InChI is InChI=1S/C15H11N4O/c1-18-13-10(5-3-7-17-13)12-15(18)20-14-9-4-2-6-16-11(9)8-19(12)14/h2-7H,8H2,1H3/q+1/i1D3. The summed E-state index contributed by atoms with van der Waals surface area (Å²) in [6.07, 6.45) is 3.33. The first kappa shape index (κ1) is 7.79. The molecule has 0 aromatic carbocycles. The van der Waals surface area contributed by atoms with Gasteiger partial charge in [0.15, 0.2) is 6.54 Å². The van der Waals surface area contributed by atoms with E-state index in [1.165, 1.54) is 4.57 Å². The Morgan fingerprint density at radius 1 is 1.30 bits per heavy atom. The highest BCUT2D eigenvalue weighted by Crippen LogP contribution is 2.33. The molecule has 5 rings (SSSR count). The first-order valence-corrected chi connectivity index (χ1v) is 6.32. The van der Waals surface area contributed by atoms with Gasteiger partial charge in [-0.1, -0.05) is 0 Å². The van der Waals surface area contributed by atoms with Crippen molar-refractivity contribution in [2.75, 3.05) is 0 Å². The van der Waals surface area contributed by atoms with Crippen molar-refractivity contribution >= 4 is 22.3 Å². The molecule has 0 radical (unpaired) electrons. The summed E-state index contributed by atoms with van der Waals surface area (Å²) in [4.78, 5) is 8.62. The van der Waals surface area contributed by atoms with Crippen LogP contribution in [0, 0.1) is 0 Å². The van der Waals surface area contributed by atoms with E-state index < -0.39 is 6.98 Å². The minimum Gasteiger partial charge on any atom is -0.380 e. The highest BCUT2D eigenvalue weighted by atomic mass is 16.4. The van der Waals surface area contributed by atoms with E-state index in [2.05, 4.69) is 9.97 Å². The van der Waals surface area contributed by atoms with Gasteiger partial charge < -0.3 is 4.42 Å². The first-order chi connectivity index (χ1) is 11.1. The molecule has 4 aromatic heterocycles. The molecule has 0 atom stereocenters. The largest absolute Gasteiger partial charge is 0.385 e. The van der Waals surface area contributed by atoms with Gasteiger partial charge in [-0.25, -0.2) is 4.98 Å². The van der Waals surface area contributed by atoms with Crippen LogP contribution in [-0.4, -0.2) is 14.5 Å². The van der Waals surface area contributed by atoms with Crippen molar-refractivity contribution in [1.29, 1.82) is 0 Å². The maximum atomic E-state index is 7.83. The van der Waals surface area contributed by atoms with Gasteiger partial charge in [0.2, 0.25) is 0 Å². The molecule has 0 saturated carbocycles. The number of oxazole rings is 1. The highest BCUT2D eigenvalue weighted by Gasteiger charge is 2.37. The van der Waals surface area contributed by atoms with Crippen molar-refractivity contribution < 1.29 is 13.1 Å². The number of rotatable bonds is 0. The SMILES string of the molecule is [2H]C([2H])([2H])n1c2ncccc2c2c1oc1[n+]2Cc2ncccc2-1. The van der Waals surface area contributed by atoms with Gasteiger partial charge in [0.05, 0.1) is 5.39 Å². The zero-order chi connectivity index (χ0) is 15.8. The van der Waals surface area contributed by atoms with Crippen molar-refractivity contribution in [2.24, 2.45) is 6.98 Å². The maximum absolute atomic E-state index is 7.83. The number of hydrogen-bond acceptors (Lipinski definition) is 3. The zero-order valence-corrected chi connectivity index (χ0v) is 10.4. The third kappa shape index (κ3) is 1.02. The number of fused-ring (bicyclic) bond motifs is 7. The molecule has 5 heterocycles. The lowest BCUT2D eigenvalue weighted by Crippen LogP contribution is -2.30. The minimum atomic E-state index is -2.36. The second-order valence-electron chi connectivity index (χ2n) is 4.85.